The van der Waals surface area contributed by atoms with Crippen molar-refractivity contribution in [1.82, 2.24) is 0 Å². The van der Waals surface area contributed by atoms with Crippen LogP contribution in [0, 0.1) is 0 Å². The molecule has 6 atom stereocenters. The molecule has 0 aromatic carbocycles. The second-order valence-electron chi connectivity index (χ2n) is 9.50. The fraction of sp³-hybridized carbons (Fsp3) is 0.852. The Morgan fingerprint density at radius 3 is 2.19 bits per heavy atom. The first-order chi connectivity index (χ1) is 17.8. The summed E-state index contributed by atoms with van der Waals surface area (Å²) in [5.41, 5.74) is 0. The van der Waals surface area contributed by atoms with E-state index in [1.54, 1.807) is 0 Å². The molecule has 10 nitrogen and oxygen atoms in total. The first-order valence-corrected chi connectivity index (χ1v) is 13.8. The standard InChI is InChI=1S/C27H48O10/c1-3-5-7-8-9-10-11-12-13-14-16-23(30)36-20(18-34-22(29)15-6-4-2)19-35-27-26(33)25(32)24(31)21(17-28)37-27/h7-8,20-21,24-28,31-33H,3-6,9-19H2,1-2H3/b8-7-. The van der Waals surface area contributed by atoms with Gasteiger partial charge < -0.3 is 39.4 Å². The van der Waals surface area contributed by atoms with Crippen LogP contribution in [0.2, 0.25) is 0 Å². The number of carbonyl (C=O) groups excluding carboxylic acids is 2. The number of aliphatic hydroxyl groups excluding tert-OH is 4. The summed E-state index contributed by atoms with van der Waals surface area (Å²) < 4.78 is 21.5. The van der Waals surface area contributed by atoms with Crippen LogP contribution in [0.3, 0.4) is 0 Å². The first-order valence-electron chi connectivity index (χ1n) is 13.8. The van der Waals surface area contributed by atoms with Gasteiger partial charge in [-0.1, -0.05) is 58.1 Å². The Balaban J connectivity index is 2.48. The largest absolute Gasteiger partial charge is 0.462 e. The van der Waals surface area contributed by atoms with E-state index in [0.29, 0.717) is 12.8 Å². The van der Waals surface area contributed by atoms with Crippen molar-refractivity contribution in [2.45, 2.75) is 128 Å². The van der Waals surface area contributed by atoms with Crippen molar-refractivity contribution >= 4 is 11.9 Å². The zero-order valence-electron chi connectivity index (χ0n) is 22.5. The summed E-state index contributed by atoms with van der Waals surface area (Å²) in [5, 5.41) is 39.3. The van der Waals surface area contributed by atoms with Gasteiger partial charge >= 0.3 is 11.9 Å². The van der Waals surface area contributed by atoms with E-state index in [1.165, 1.54) is 0 Å². The third-order valence-corrected chi connectivity index (χ3v) is 6.13. The van der Waals surface area contributed by atoms with Crippen molar-refractivity contribution in [3.05, 3.63) is 12.2 Å². The number of carbonyl (C=O) groups is 2. The average Bonchev–Trinajstić information content (AvgIpc) is 2.89. The van der Waals surface area contributed by atoms with Crippen LogP contribution >= 0.6 is 0 Å². The molecule has 216 valence electrons. The zero-order valence-corrected chi connectivity index (χ0v) is 22.5. The molecule has 1 fully saturated rings. The molecule has 0 spiro atoms. The Bertz CT molecular complexity index is 639. The second-order valence-corrected chi connectivity index (χ2v) is 9.50. The molecule has 1 heterocycles. The Kier molecular flexibility index (Phi) is 18.5. The third-order valence-electron chi connectivity index (χ3n) is 6.13. The van der Waals surface area contributed by atoms with Gasteiger partial charge in [0.2, 0.25) is 0 Å². The smallest absolute Gasteiger partial charge is 0.306 e. The lowest BCUT2D eigenvalue weighted by Gasteiger charge is -2.39. The van der Waals surface area contributed by atoms with E-state index in [2.05, 4.69) is 19.1 Å². The number of esters is 2. The minimum absolute atomic E-state index is 0.219. The Morgan fingerprint density at radius 2 is 1.49 bits per heavy atom. The first kappa shape index (κ1) is 33.5. The van der Waals surface area contributed by atoms with Crippen LogP contribution in [0.4, 0.5) is 0 Å². The van der Waals surface area contributed by atoms with Crippen molar-refractivity contribution in [3.8, 4) is 0 Å². The molecule has 1 rings (SSSR count). The van der Waals surface area contributed by atoms with Crippen LogP contribution in [0.25, 0.3) is 0 Å². The van der Waals surface area contributed by atoms with Gasteiger partial charge in [0.15, 0.2) is 12.4 Å². The number of hydrogen-bond donors (Lipinski definition) is 4. The molecular weight excluding hydrogens is 484 g/mol. The number of ether oxygens (including phenoxy) is 4. The molecule has 4 N–H and O–H groups in total. The highest BCUT2D eigenvalue weighted by Crippen LogP contribution is 2.22. The molecule has 0 radical (unpaired) electrons. The van der Waals surface area contributed by atoms with E-state index in [-0.39, 0.29) is 26.1 Å². The Labute approximate surface area is 220 Å². The Hall–Kier alpha value is -1.56. The zero-order chi connectivity index (χ0) is 27.5. The molecule has 0 bridgehead atoms. The highest BCUT2D eigenvalue weighted by Gasteiger charge is 2.44. The van der Waals surface area contributed by atoms with Crippen molar-refractivity contribution in [3.63, 3.8) is 0 Å². The lowest BCUT2D eigenvalue weighted by Crippen LogP contribution is -2.59. The highest BCUT2D eigenvalue weighted by atomic mass is 16.7. The molecule has 0 aliphatic carbocycles. The maximum absolute atomic E-state index is 12.4. The van der Waals surface area contributed by atoms with Crippen LogP contribution in [-0.4, -0.2) is 89.0 Å². The molecule has 1 aliphatic rings. The molecule has 1 saturated heterocycles. The molecule has 1 aliphatic heterocycles. The second kappa shape index (κ2) is 20.4. The summed E-state index contributed by atoms with van der Waals surface area (Å²) in [6, 6.07) is 0. The number of allylic oxidation sites excluding steroid dienone is 2. The minimum Gasteiger partial charge on any atom is -0.462 e. The fourth-order valence-corrected chi connectivity index (χ4v) is 3.81. The summed E-state index contributed by atoms with van der Waals surface area (Å²) in [6.45, 7) is 3.02. The lowest BCUT2D eigenvalue weighted by atomic mass is 9.99. The van der Waals surface area contributed by atoms with Gasteiger partial charge in [0.05, 0.1) is 13.2 Å². The maximum atomic E-state index is 12.4. The summed E-state index contributed by atoms with van der Waals surface area (Å²) in [4.78, 5) is 24.3. The average molecular weight is 533 g/mol. The summed E-state index contributed by atoms with van der Waals surface area (Å²) >= 11 is 0. The molecule has 10 heteroatoms. The van der Waals surface area contributed by atoms with Crippen LogP contribution in [-0.2, 0) is 28.5 Å². The summed E-state index contributed by atoms with van der Waals surface area (Å²) in [6.07, 6.45) is 6.54. The molecule has 0 saturated carbocycles. The SMILES string of the molecule is CCC/C=C\CCCCCCCC(=O)OC(COC(=O)CCCC)COC1OC(CO)C(O)C(O)C1O. The van der Waals surface area contributed by atoms with E-state index in [9.17, 15) is 30.0 Å². The topological polar surface area (TPSA) is 152 Å². The predicted octanol–water partition coefficient (Wildman–Crippen LogP) is 2.54. The molecular formula is C27H48O10. The third kappa shape index (κ3) is 14.2. The van der Waals surface area contributed by atoms with Crippen LogP contribution in [0.15, 0.2) is 12.2 Å². The van der Waals surface area contributed by atoms with E-state index in [4.69, 9.17) is 18.9 Å². The van der Waals surface area contributed by atoms with Gasteiger partial charge in [-0.05, 0) is 32.1 Å². The van der Waals surface area contributed by atoms with Gasteiger partial charge in [0, 0.05) is 12.8 Å². The van der Waals surface area contributed by atoms with Gasteiger partial charge in [0.25, 0.3) is 0 Å². The molecule has 6 unspecified atom stereocenters. The molecule has 0 aromatic rings. The van der Waals surface area contributed by atoms with Crippen molar-refractivity contribution in [2.75, 3.05) is 19.8 Å². The van der Waals surface area contributed by atoms with Gasteiger partial charge in [-0.15, -0.1) is 0 Å². The van der Waals surface area contributed by atoms with Gasteiger partial charge in [-0.3, -0.25) is 9.59 Å². The number of rotatable bonds is 20. The van der Waals surface area contributed by atoms with Gasteiger partial charge in [-0.25, -0.2) is 0 Å². The minimum atomic E-state index is -1.59. The predicted molar refractivity (Wildman–Crippen MR) is 136 cm³/mol. The number of hydrogen-bond acceptors (Lipinski definition) is 10. The number of aliphatic hydroxyl groups is 4. The normalized spacial score (nSPS) is 24.8. The van der Waals surface area contributed by atoms with E-state index >= 15 is 0 Å². The Morgan fingerprint density at radius 1 is 0.811 bits per heavy atom. The molecule has 0 amide bonds. The molecule has 0 aromatic heterocycles. The van der Waals surface area contributed by atoms with Gasteiger partial charge in [-0.2, -0.15) is 0 Å². The van der Waals surface area contributed by atoms with E-state index in [1.807, 2.05) is 6.92 Å². The van der Waals surface area contributed by atoms with Crippen molar-refractivity contribution in [1.29, 1.82) is 0 Å². The quantitative estimate of drug-likeness (QED) is 0.105. The van der Waals surface area contributed by atoms with E-state index in [0.717, 1.165) is 51.4 Å². The van der Waals surface area contributed by atoms with E-state index < -0.39 is 55.4 Å². The summed E-state index contributed by atoms with van der Waals surface area (Å²) in [7, 11) is 0. The fourth-order valence-electron chi connectivity index (χ4n) is 3.81. The highest BCUT2D eigenvalue weighted by molar-refractivity contribution is 5.70. The van der Waals surface area contributed by atoms with Gasteiger partial charge in [0.1, 0.15) is 31.0 Å². The number of unbranched alkanes of at least 4 members (excludes halogenated alkanes) is 7. The van der Waals surface area contributed by atoms with Crippen LogP contribution in [0.1, 0.15) is 90.9 Å². The van der Waals surface area contributed by atoms with Crippen molar-refractivity contribution in [2.24, 2.45) is 0 Å². The van der Waals surface area contributed by atoms with Crippen LogP contribution < -0.4 is 0 Å². The monoisotopic (exact) mass is 532 g/mol. The molecule has 37 heavy (non-hydrogen) atoms. The maximum Gasteiger partial charge on any atom is 0.306 e. The van der Waals surface area contributed by atoms with Crippen LogP contribution in [0.5, 0.6) is 0 Å². The van der Waals surface area contributed by atoms with Crippen molar-refractivity contribution < 1.29 is 49.0 Å². The lowest BCUT2D eigenvalue weighted by molar-refractivity contribution is -0.305. The summed E-state index contributed by atoms with van der Waals surface area (Å²) in [5.74, 6) is -0.866.